The van der Waals surface area contributed by atoms with Crippen LogP contribution in [0.15, 0.2) is 47.3 Å². The molecule has 4 rings (SSSR count). The number of hydrogen-bond acceptors (Lipinski definition) is 4. The zero-order valence-electron chi connectivity index (χ0n) is 13.8. The number of benzene rings is 2. The number of carbonyl (C=O) groups excluding carboxylic acids is 1. The molecule has 26 heavy (non-hydrogen) atoms. The van der Waals surface area contributed by atoms with Crippen LogP contribution in [0.25, 0.3) is 16.6 Å². The lowest BCUT2D eigenvalue weighted by Crippen LogP contribution is -2.18. The van der Waals surface area contributed by atoms with Crippen molar-refractivity contribution in [1.29, 1.82) is 0 Å². The van der Waals surface area contributed by atoms with Crippen LogP contribution in [0.1, 0.15) is 23.0 Å². The third-order valence-corrected chi connectivity index (χ3v) is 4.18. The van der Waals surface area contributed by atoms with Gasteiger partial charge in [-0.1, -0.05) is 30.3 Å². The molecule has 0 saturated heterocycles. The summed E-state index contributed by atoms with van der Waals surface area (Å²) >= 11 is 0. The molecule has 2 heterocycles. The van der Waals surface area contributed by atoms with Gasteiger partial charge in [0, 0.05) is 5.69 Å². The van der Waals surface area contributed by atoms with Gasteiger partial charge in [0.05, 0.1) is 11.0 Å². The molecule has 0 aliphatic heterocycles. The number of H-pyrrole nitrogens is 1. The summed E-state index contributed by atoms with van der Waals surface area (Å²) in [5, 5.41) is 10.5. The molecule has 130 valence electrons. The van der Waals surface area contributed by atoms with E-state index in [-0.39, 0.29) is 16.7 Å². The van der Waals surface area contributed by atoms with Gasteiger partial charge >= 0.3 is 0 Å². The second kappa shape index (κ2) is 6.07. The summed E-state index contributed by atoms with van der Waals surface area (Å²) in [7, 11) is 0. The molecular weight excluding hydrogens is 337 g/mol. The molecule has 0 atom stereocenters. The Kier molecular flexibility index (Phi) is 3.72. The predicted molar refractivity (Wildman–Crippen MR) is 94.8 cm³/mol. The monoisotopic (exact) mass is 351 g/mol. The molecule has 0 aliphatic carbocycles. The normalized spacial score (nSPS) is 11.2. The van der Waals surface area contributed by atoms with Gasteiger partial charge in [0.2, 0.25) is 0 Å². The van der Waals surface area contributed by atoms with Gasteiger partial charge < -0.3 is 10.3 Å². The first-order valence-electron chi connectivity index (χ1n) is 8.04. The number of halogens is 1. The maximum Gasteiger partial charge on any atom is 0.278 e. The van der Waals surface area contributed by atoms with Crippen molar-refractivity contribution >= 4 is 28.1 Å². The zero-order chi connectivity index (χ0) is 18.3. The van der Waals surface area contributed by atoms with E-state index in [1.807, 2.05) is 25.1 Å². The van der Waals surface area contributed by atoms with E-state index in [0.717, 1.165) is 12.0 Å². The standard InChI is InChI=1S/C18H14FN5O2/c1-2-10-5-3-4-6-12(10)20-17(25)15-16-18(26)21-13-9-11(19)7-8-14(13)24(16)23-22-15/h3-9H,2H2,1H3,(H,20,25)(H,21,26). The van der Waals surface area contributed by atoms with Gasteiger partial charge in [0.25, 0.3) is 11.5 Å². The highest BCUT2D eigenvalue weighted by Crippen LogP contribution is 2.18. The van der Waals surface area contributed by atoms with E-state index in [4.69, 9.17) is 0 Å². The number of aromatic nitrogens is 4. The van der Waals surface area contributed by atoms with E-state index in [0.29, 0.717) is 11.2 Å². The van der Waals surface area contributed by atoms with E-state index in [1.54, 1.807) is 6.07 Å². The van der Waals surface area contributed by atoms with E-state index >= 15 is 0 Å². The van der Waals surface area contributed by atoms with Crippen LogP contribution in [-0.4, -0.2) is 25.7 Å². The Morgan fingerprint density at radius 3 is 2.88 bits per heavy atom. The van der Waals surface area contributed by atoms with Crippen LogP contribution in [-0.2, 0) is 6.42 Å². The SMILES string of the molecule is CCc1ccccc1NC(=O)c1nnn2c1c(=O)[nH]c1cc(F)ccc12. The second-order valence-corrected chi connectivity index (χ2v) is 5.78. The Morgan fingerprint density at radius 1 is 1.27 bits per heavy atom. The predicted octanol–water partition coefficient (Wildman–Crippen LogP) is 2.52. The minimum atomic E-state index is -0.568. The highest BCUT2D eigenvalue weighted by molar-refractivity contribution is 6.07. The summed E-state index contributed by atoms with van der Waals surface area (Å²) < 4.78 is 14.6. The third-order valence-electron chi connectivity index (χ3n) is 4.18. The molecule has 2 N–H and O–H groups in total. The van der Waals surface area contributed by atoms with Gasteiger partial charge in [0.1, 0.15) is 5.82 Å². The molecule has 0 unspecified atom stereocenters. The molecule has 4 aromatic rings. The number of para-hydroxylation sites is 1. The summed E-state index contributed by atoms with van der Waals surface area (Å²) in [5.41, 5.74) is 1.69. The first kappa shape index (κ1) is 15.9. The minimum Gasteiger partial charge on any atom is -0.320 e. The highest BCUT2D eigenvalue weighted by Gasteiger charge is 2.20. The summed E-state index contributed by atoms with van der Waals surface area (Å²) in [6.07, 6.45) is 0.745. The summed E-state index contributed by atoms with van der Waals surface area (Å²) in [4.78, 5) is 27.6. The number of anilines is 1. The molecule has 1 amide bonds. The number of nitrogens with one attached hydrogen (secondary N) is 2. The van der Waals surface area contributed by atoms with Gasteiger partial charge in [-0.3, -0.25) is 9.59 Å². The average Bonchev–Trinajstić information content (AvgIpc) is 3.08. The quantitative estimate of drug-likeness (QED) is 0.593. The van der Waals surface area contributed by atoms with Gasteiger partial charge in [-0.15, -0.1) is 5.10 Å². The first-order valence-corrected chi connectivity index (χ1v) is 8.04. The van der Waals surface area contributed by atoms with E-state index in [9.17, 15) is 14.0 Å². The summed E-state index contributed by atoms with van der Waals surface area (Å²) in [5.74, 6) is -1.02. The lowest BCUT2D eigenvalue weighted by Gasteiger charge is -2.08. The molecule has 0 radical (unpaired) electrons. The molecule has 2 aromatic heterocycles. The van der Waals surface area contributed by atoms with Crippen LogP contribution < -0.4 is 10.9 Å². The minimum absolute atomic E-state index is 0.00980. The molecule has 0 fully saturated rings. The maximum atomic E-state index is 13.4. The van der Waals surface area contributed by atoms with Crippen molar-refractivity contribution in [2.75, 3.05) is 5.32 Å². The maximum absolute atomic E-state index is 13.4. The summed E-state index contributed by atoms with van der Waals surface area (Å²) in [6, 6.07) is 11.3. The van der Waals surface area contributed by atoms with E-state index < -0.39 is 17.3 Å². The Bertz CT molecular complexity index is 1210. The number of aryl methyl sites for hydroxylation is 1. The van der Waals surface area contributed by atoms with Gasteiger partial charge in [-0.05, 0) is 36.2 Å². The van der Waals surface area contributed by atoms with Crippen molar-refractivity contribution in [3.05, 3.63) is 69.9 Å². The third kappa shape index (κ3) is 2.52. The van der Waals surface area contributed by atoms with Crippen LogP contribution in [0.3, 0.4) is 0 Å². The van der Waals surface area contributed by atoms with E-state index in [1.165, 1.54) is 22.7 Å². The fourth-order valence-electron chi connectivity index (χ4n) is 2.91. The van der Waals surface area contributed by atoms with Crippen LogP contribution >= 0.6 is 0 Å². The number of fused-ring (bicyclic) bond motifs is 3. The zero-order valence-corrected chi connectivity index (χ0v) is 13.8. The number of hydrogen-bond donors (Lipinski definition) is 2. The highest BCUT2D eigenvalue weighted by atomic mass is 19.1. The molecule has 0 spiro atoms. The van der Waals surface area contributed by atoms with Crippen LogP contribution in [0.5, 0.6) is 0 Å². The number of carbonyl (C=O) groups is 1. The molecule has 8 heteroatoms. The lowest BCUT2D eigenvalue weighted by molar-refractivity contribution is 0.102. The molecular formula is C18H14FN5O2. The van der Waals surface area contributed by atoms with Gasteiger partial charge in [-0.25, -0.2) is 8.91 Å². The number of rotatable bonds is 3. The molecule has 7 nitrogen and oxygen atoms in total. The molecule has 2 aromatic carbocycles. The van der Waals surface area contributed by atoms with Crippen molar-refractivity contribution < 1.29 is 9.18 Å². The average molecular weight is 351 g/mol. The number of aromatic amines is 1. The lowest BCUT2D eigenvalue weighted by atomic mass is 10.1. The number of nitrogens with zero attached hydrogens (tertiary/aromatic N) is 3. The van der Waals surface area contributed by atoms with Crippen LogP contribution in [0, 0.1) is 5.82 Å². The largest absolute Gasteiger partial charge is 0.320 e. The van der Waals surface area contributed by atoms with Crippen molar-refractivity contribution in [3.63, 3.8) is 0 Å². The van der Waals surface area contributed by atoms with Gasteiger partial charge in [-0.2, -0.15) is 0 Å². The Hall–Kier alpha value is -3.55. The summed E-state index contributed by atoms with van der Waals surface area (Å²) in [6.45, 7) is 1.98. The number of amides is 1. The van der Waals surface area contributed by atoms with Crippen LogP contribution in [0.2, 0.25) is 0 Å². The Balaban J connectivity index is 1.83. The first-order chi connectivity index (χ1) is 12.6. The molecule has 0 bridgehead atoms. The van der Waals surface area contributed by atoms with Crippen LogP contribution in [0.4, 0.5) is 10.1 Å². The Labute approximate surface area is 146 Å². The van der Waals surface area contributed by atoms with Gasteiger partial charge in [0.15, 0.2) is 11.2 Å². The fraction of sp³-hybridized carbons (Fsp3) is 0.111. The molecule has 0 aliphatic rings. The smallest absolute Gasteiger partial charge is 0.278 e. The molecule has 0 saturated carbocycles. The van der Waals surface area contributed by atoms with E-state index in [2.05, 4.69) is 20.6 Å². The Morgan fingerprint density at radius 2 is 2.08 bits per heavy atom. The topological polar surface area (TPSA) is 92.2 Å². The van der Waals surface area contributed by atoms with Crippen molar-refractivity contribution in [3.8, 4) is 0 Å². The second-order valence-electron chi connectivity index (χ2n) is 5.78. The van der Waals surface area contributed by atoms with Crippen molar-refractivity contribution in [2.45, 2.75) is 13.3 Å². The van der Waals surface area contributed by atoms with Crippen molar-refractivity contribution in [2.24, 2.45) is 0 Å². The van der Waals surface area contributed by atoms with Crippen molar-refractivity contribution in [1.82, 2.24) is 19.8 Å². The fourth-order valence-corrected chi connectivity index (χ4v) is 2.91.